The third kappa shape index (κ3) is 2.74. The lowest BCUT2D eigenvalue weighted by Gasteiger charge is -2.25. The molecule has 1 N–H and O–H groups in total. The molecule has 0 saturated carbocycles. The smallest absolute Gasteiger partial charge is 0.294 e. The number of ketones is 1. The Morgan fingerprint density at radius 2 is 1.96 bits per heavy atom. The van der Waals surface area contributed by atoms with Gasteiger partial charge in [-0.3, -0.25) is 14.5 Å². The summed E-state index contributed by atoms with van der Waals surface area (Å²) in [6.45, 7) is 0. The zero-order valence-corrected chi connectivity index (χ0v) is 14.4. The van der Waals surface area contributed by atoms with Gasteiger partial charge < -0.3 is 9.52 Å². The van der Waals surface area contributed by atoms with Crippen LogP contribution in [-0.2, 0) is 4.79 Å². The highest BCUT2D eigenvalue weighted by molar-refractivity contribution is 7.10. The van der Waals surface area contributed by atoms with Crippen LogP contribution in [0.4, 0.5) is 14.5 Å². The number of anilines is 1. The van der Waals surface area contributed by atoms with Gasteiger partial charge in [0.1, 0.15) is 6.04 Å². The molecule has 0 saturated heterocycles. The van der Waals surface area contributed by atoms with Crippen LogP contribution in [0.5, 0.6) is 0 Å². The highest BCUT2D eigenvalue weighted by atomic mass is 32.1. The molecule has 0 bridgehead atoms. The molecule has 1 aliphatic rings. The molecule has 0 aliphatic carbocycles. The Labute approximate surface area is 155 Å². The summed E-state index contributed by atoms with van der Waals surface area (Å²) in [4.78, 5) is 27.2. The Morgan fingerprint density at radius 3 is 2.59 bits per heavy atom. The van der Waals surface area contributed by atoms with Gasteiger partial charge in [0.05, 0.1) is 11.8 Å². The second-order valence-electron chi connectivity index (χ2n) is 5.76. The summed E-state index contributed by atoms with van der Waals surface area (Å²) in [5.41, 5.74) is -0.159. The van der Waals surface area contributed by atoms with E-state index >= 15 is 0 Å². The molecule has 3 aromatic rings. The number of nitrogens with zero attached hydrogens (tertiary/aromatic N) is 1. The first kappa shape index (κ1) is 17.2. The van der Waals surface area contributed by atoms with Crippen molar-refractivity contribution < 1.29 is 27.9 Å². The average molecular weight is 387 g/mol. The van der Waals surface area contributed by atoms with Crippen LogP contribution in [0.3, 0.4) is 0 Å². The molecule has 136 valence electrons. The fourth-order valence-electron chi connectivity index (χ4n) is 2.99. The Balaban J connectivity index is 1.87. The number of halogens is 2. The number of carbonyl (C=O) groups excluding carboxylic acids is 2. The van der Waals surface area contributed by atoms with E-state index in [0.29, 0.717) is 4.88 Å². The number of benzene rings is 1. The summed E-state index contributed by atoms with van der Waals surface area (Å²) >= 11 is 1.26. The first-order valence-corrected chi connectivity index (χ1v) is 8.70. The lowest BCUT2D eigenvalue weighted by molar-refractivity contribution is -0.117. The van der Waals surface area contributed by atoms with Gasteiger partial charge in [0.2, 0.25) is 5.78 Å². The van der Waals surface area contributed by atoms with Crippen molar-refractivity contribution in [1.82, 2.24) is 0 Å². The Bertz CT molecular complexity index is 1060. The summed E-state index contributed by atoms with van der Waals surface area (Å²) in [5.74, 6) is -4.54. The van der Waals surface area contributed by atoms with Crippen molar-refractivity contribution in [3.63, 3.8) is 0 Å². The Kier molecular flexibility index (Phi) is 4.12. The molecule has 1 unspecified atom stereocenters. The SMILES string of the molecule is O=C(C1=C(O)C(=O)N(c2ccc(F)c(F)c2)C1c1cccs1)c1ccco1. The highest BCUT2D eigenvalue weighted by Crippen LogP contribution is 2.43. The summed E-state index contributed by atoms with van der Waals surface area (Å²) in [6.07, 6.45) is 1.30. The van der Waals surface area contributed by atoms with Crippen LogP contribution in [-0.4, -0.2) is 16.8 Å². The van der Waals surface area contributed by atoms with E-state index in [1.165, 1.54) is 35.8 Å². The molecule has 8 heteroatoms. The van der Waals surface area contributed by atoms with Crippen LogP contribution in [0.2, 0.25) is 0 Å². The van der Waals surface area contributed by atoms with E-state index in [2.05, 4.69) is 0 Å². The summed E-state index contributed by atoms with van der Waals surface area (Å²) < 4.78 is 32.2. The molecule has 27 heavy (non-hydrogen) atoms. The third-order valence-electron chi connectivity index (χ3n) is 4.19. The summed E-state index contributed by atoms with van der Waals surface area (Å²) in [6, 6.07) is 8.29. The van der Waals surface area contributed by atoms with Gasteiger partial charge in [-0.25, -0.2) is 8.78 Å². The molecule has 1 amide bonds. The van der Waals surface area contributed by atoms with Crippen LogP contribution in [0.25, 0.3) is 0 Å². The van der Waals surface area contributed by atoms with E-state index < -0.39 is 35.1 Å². The molecule has 5 nitrogen and oxygen atoms in total. The minimum atomic E-state index is -1.14. The second kappa shape index (κ2) is 6.48. The van der Waals surface area contributed by atoms with E-state index in [1.54, 1.807) is 17.5 Å². The fourth-order valence-corrected chi connectivity index (χ4v) is 3.82. The maximum absolute atomic E-state index is 13.7. The van der Waals surface area contributed by atoms with Gasteiger partial charge in [-0.2, -0.15) is 0 Å². The molecule has 0 fully saturated rings. The van der Waals surface area contributed by atoms with E-state index in [1.807, 2.05) is 0 Å². The van der Waals surface area contributed by atoms with E-state index in [9.17, 15) is 23.5 Å². The zero-order valence-electron chi connectivity index (χ0n) is 13.6. The molecular weight excluding hydrogens is 376 g/mol. The molecule has 1 aromatic carbocycles. The predicted octanol–water partition coefficient (Wildman–Crippen LogP) is 4.40. The average Bonchev–Trinajstić information content (AvgIpc) is 3.39. The van der Waals surface area contributed by atoms with Crippen molar-refractivity contribution in [2.45, 2.75) is 6.04 Å². The molecule has 3 heterocycles. The minimum absolute atomic E-state index is 0.0195. The number of aliphatic hydroxyl groups is 1. The van der Waals surface area contributed by atoms with Crippen LogP contribution in [0.15, 0.2) is 69.9 Å². The van der Waals surface area contributed by atoms with Crippen LogP contribution in [0, 0.1) is 11.6 Å². The number of amides is 1. The third-order valence-corrected chi connectivity index (χ3v) is 5.12. The zero-order chi connectivity index (χ0) is 19.1. The van der Waals surface area contributed by atoms with Gasteiger partial charge in [-0.05, 0) is 35.7 Å². The summed E-state index contributed by atoms with van der Waals surface area (Å²) in [7, 11) is 0. The number of hydrogen-bond acceptors (Lipinski definition) is 5. The molecule has 0 radical (unpaired) electrons. The molecule has 4 rings (SSSR count). The van der Waals surface area contributed by atoms with Crippen LogP contribution in [0.1, 0.15) is 21.5 Å². The highest BCUT2D eigenvalue weighted by Gasteiger charge is 2.45. The van der Waals surface area contributed by atoms with E-state index in [4.69, 9.17) is 4.42 Å². The standard InChI is InChI=1S/C19H11F2NO4S/c20-11-6-5-10(9-12(11)21)22-16(14-4-2-8-27-14)15(18(24)19(22)25)17(23)13-3-1-7-26-13/h1-9,16,24H. The second-order valence-corrected chi connectivity index (χ2v) is 6.74. The molecule has 1 aliphatic heterocycles. The molecule has 1 atom stereocenters. The minimum Gasteiger partial charge on any atom is -0.503 e. The van der Waals surface area contributed by atoms with Crippen molar-refractivity contribution in [3.8, 4) is 0 Å². The van der Waals surface area contributed by atoms with Gasteiger partial charge in [0.25, 0.3) is 5.91 Å². The van der Waals surface area contributed by atoms with Crippen LogP contribution >= 0.6 is 11.3 Å². The van der Waals surface area contributed by atoms with Crippen molar-refractivity contribution in [1.29, 1.82) is 0 Å². The molecule has 2 aromatic heterocycles. The first-order chi connectivity index (χ1) is 13.0. The maximum atomic E-state index is 13.7. The van der Waals surface area contributed by atoms with Gasteiger partial charge in [0, 0.05) is 16.6 Å². The molecular formula is C19H11F2NO4S. The topological polar surface area (TPSA) is 70.8 Å². The first-order valence-electron chi connectivity index (χ1n) is 7.82. The number of thiophene rings is 1. The number of carbonyl (C=O) groups is 2. The van der Waals surface area contributed by atoms with Crippen molar-refractivity contribution in [2.24, 2.45) is 0 Å². The Hall–Kier alpha value is -3.26. The number of furan rings is 1. The quantitative estimate of drug-likeness (QED) is 0.674. The monoisotopic (exact) mass is 387 g/mol. The van der Waals surface area contributed by atoms with Crippen molar-refractivity contribution in [3.05, 3.63) is 87.7 Å². The maximum Gasteiger partial charge on any atom is 0.294 e. The van der Waals surface area contributed by atoms with Crippen LogP contribution < -0.4 is 4.90 Å². The predicted molar refractivity (Wildman–Crippen MR) is 93.6 cm³/mol. The van der Waals surface area contributed by atoms with Gasteiger partial charge in [-0.15, -0.1) is 11.3 Å². The van der Waals surface area contributed by atoms with E-state index in [0.717, 1.165) is 17.0 Å². The number of hydrogen-bond donors (Lipinski definition) is 1. The normalized spacial score (nSPS) is 17.0. The van der Waals surface area contributed by atoms with Gasteiger partial charge >= 0.3 is 0 Å². The van der Waals surface area contributed by atoms with Gasteiger partial charge in [0.15, 0.2) is 23.2 Å². The fraction of sp³-hybridized carbons (Fsp3) is 0.0526. The number of aliphatic hydroxyl groups excluding tert-OH is 1. The van der Waals surface area contributed by atoms with Crippen molar-refractivity contribution >= 4 is 28.7 Å². The van der Waals surface area contributed by atoms with Crippen molar-refractivity contribution in [2.75, 3.05) is 4.90 Å². The Morgan fingerprint density at radius 1 is 1.15 bits per heavy atom. The lowest BCUT2D eigenvalue weighted by atomic mass is 10.00. The number of Topliss-reactive ketones (excluding diaryl/α,β-unsaturated/α-hetero) is 1. The number of rotatable bonds is 4. The largest absolute Gasteiger partial charge is 0.503 e. The van der Waals surface area contributed by atoms with E-state index in [-0.39, 0.29) is 17.0 Å². The lowest BCUT2D eigenvalue weighted by Crippen LogP contribution is -2.30. The van der Waals surface area contributed by atoms with Gasteiger partial charge in [-0.1, -0.05) is 6.07 Å². The molecule has 0 spiro atoms. The summed E-state index contributed by atoms with van der Waals surface area (Å²) in [5, 5.41) is 12.2.